The van der Waals surface area contributed by atoms with Gasteiger partial charge in [-0.05, 0) is 30.7 Å². The number of ether oxygens (including phenoxy) is 1. The highest BCUT2D eigenvalue weighted by molar-refractivity contribution is 6.32. The molecule has 4 aromatic rings. The molecule has 1 aliphatic rings. The third-order valence-electron chi connectivity index (χ3n) is 5.49. The maximum atomic E-state index is 6.46. The van der Waals surface area contributed by atoms with Crippen molar-refractivity contribution in [2.24, 2.45) is 0 Å². The number of nitrogens with zero attached hydrogens (tertiary/aromatic N) is 6. The van der Waals surface area contributed by atoms with E-state index in [1.165, 1.54) is 0 Å². The molecule has 0 saturated carbocycles. The molecular formula is C23H23ClN7O. The first-order chi connectivity index (χ1) is 15.6. The number of fused-ring (bicyclic) bond motifs is 1. The Morgan fingerprint density at radius 1 is 1.06 bits per heavy atom. The first-order valence-corrected chi connectivity index (χ1v) is 10.8. The maximum Gasteiger partial charge on any atom is 0.227 e. The molecule has 0 amide bonds. The van der Waals surface area contributed by atoms with Crippen LogP contribution < -0.4 is 20.3 Å². The van der Waals surface area contributed by atoms with Crippen molar-refractivity contribution in [1.29, 1.82) is 0 Å². The monoisotopic (exact) mass is 448 g/mol. The molecule has 5 rings (SSSR count). The van der Waals surface area contributed by atoms with Crippen LogP contribution in [-0.2, 0) is 0 Å². The van der Waals surface area contributed by atoms with Crippen LogP contribution in [0.4, 0.5) is 17.3 Å². The molecule has 0 unspecified atom stereocenters. The van der Waals surface area contributed by atoms with Gasteiger partial charge >= 0.3 is 0 Å². The van der Waals surface area contributed by atoms with E-state index in [9.17, 15) is 0 Å². The zero-order valence-electron chi connectivity index (χ0n) is 17.9. The predicted molar refractivity (Wildman–Crippen MR) is 126 cm³/mol. The Bertz CT molecular complexity index is 1270. The molecule has 32 heavy (non-hydrogen) atoms. The summed E-state index contributed by atoms with van der Waals surface area (Å²) in [5, 5.41) is 8.14. The van der Waals surface area contributed by atoms with Crippen LogP contribution in [0.25, 0.3) is 17.0 Å². The summed E-state index contributed by atoms with van der Waals surface area (Å²) in [6, 6.07) is 10.1. The Balaban J connectivity index is 1.47. The Morgan fingerprint density at radius 2 is 1.91 bits per heavy atom. The first-order valence-electron chi connectivity index (χ1n) is 10.4. The fraction of sp³-hybridized carbons (Fsp3) is 0.261. The van der Waals surface area contributed by atoms with E-state index in [2.05, 4.69) is 36.6 Å². The zero-order valence-corrected chi connectivity index (χ0v) is 18.7. The van der Waals surface area contributed by atoms with E-state index in [0.29, 0.717) is 16.7 Å². The Hall–Kier alpha value is -3.36. The van der Waals surface area contributed by atoms with Gasteiger partial charge < -0.3 is 15.0 Å². The molecule has 0 aliphatic carbocycles. The number of anilines is 3. The summed E-state index contributed by atoms with van der Waals surface area (Å²) in [6.07, 6.45) is 5.38. The number of halogens is 1. The first kappa shape index (κ1) is 20.5. The zero-order chi connectivity index (χ0) is 22.1. The number of benzene rings is 1. The highest BCUT2D eigenvalue weighted by atomic mass is 35.5. The molecule has 163 valence electrons. The van der Waals surface area contributed by atoms with Crippen molar-refractivity contribution in [3.05, 3.63) is 59.5 Å². The smallest absolute Gasteiger partial charge is 0.227 e. The number of pyridine rings is 1. The van der Waals surface area contributed by atoms with Crippen LogP contribution in [0.5, 0.6) is 5.75 Å². The molecule has 9 heteroatoms. The molecule has 1 radical (unpaired) electrons. The van der Waals surface area contributed by atoms with E-state index in [4.69, 9.17) is 16.3 Å². The number of aryl methyl sites for hydroxylation is 1. The Kier molecular flexibility index (Phi) is 5.55. The van der Waals surface area contributed by atoms with Gasteiger partial charge in [-0.2, -0.15) is 0 Å². The van der Waals surface area contributed by atoms with Crippen molar-refractivity contribution in [1.82, 2.24) is 24.7 Å². The predicted octanol–water partition coefficient (Wildman–Crippen LogP) is 3.93. The van der Waals surface area contributed by atoms with Gasteiger partial charge in [0.25, 0.3) is 0 Å². The number of nitrogens with one attached hydrogen (secondary N) is 1. The van der Waals surface area contributed by atoms with Crippen LogP contribution in [0.15, 0.2) is 48.9 Å². The maximum absolute atomic E-state index is 6.46. The summed E-state index contributed by atoms with van der Waals surface area (Å²) >= 11 is 6.46. The molecule has 1 aromatic carbocycles. The van der Waals surface area contributed by atoms with Crippen LogP contribution >= 0.6 is 11.6 Å². The Morgan fingerprint density at radius 3 is 2.72 bits per heavy atom. The molecule has 8 nitrogen and oxygen atoms in total. The lowest BCUT2D eigenvalue weighted by Crippen LogP contribution is -2.40. The summed E-state index contributed by atoms with van der Waals surface area (Å²) in [5.41, 5.74) is 5.25. The van der Waals surface area contributed by atoms with Crippen LogP contribution in [-0.4, -0.2) is 52.6 Å². The highest BCUT2D eigenvalue weighted by Gasteiger charge is 2.16. The van der Waals surface area contributed by atoms with Gasteiger partial charge in [-0.1, -0.05) is 17.7 Å². The minimum atomic E-state index is 0.426. The summed E-state index contributed by atoms with van der Waals surface area (Å²) < 4.78 is 7.62. The fourth-order valence-electron chi connectivity index (χ4n) is 3.83. The van der Waals surface area contributed by atoms with Gasteiger partial charge in [0, 0.05) is 44.1 Å². The number of imidazole rings is 1. The van der Waals surface area contributed by atoms with Gasteiger partial charge in [0.15, 0.2) is 0 Å². The van der Waals surface area contributed by atoms with Gasteiger partial charge in [0.1, 0.15) is 17.1 Å². The molecule has 1 fully saturated rings. The SMILES string of the molecule is COc1cc(N2CC[N]CC2)ccc1Nc1ncc(Cl)c(-c2cnc3ccc(C)cn23)n1. The topological polar surface area (TPSA) is 81.7 Å². The summed E-state index contributed by atoms with van der Waals surface area (Å²) in [5.74, 6) is 1.14. The molecular weight excluding hydrogens is 426 g/mol. The minimum Gasteiger partial charge on any atom is -0.494 e. The van der Waals surface area contributed by atoms with Gasteiger partial charge in [-0.15, -0.1) is 0 Å². The second-order valence-corrected chi connectivity index (χ2v) is 8.04. The second kappa shape index (κ2) is 8.64. The number of aromatic nitrogens is 4. The van der Waals surface area contributed by atoms with Crippen molar-refractivity contribution in [3.8, 4) is 17.1 Å². The molecule has 3 aromatic heterocycles. The molecule has 1 N–H and O–H groups in total. The second-order valence-electron chi connectivity index (χ2n) is 7.64. The molecule has 0 spiro atoms. The molecule has 1 aliphatic heterocycles. The van der Waals surface area contributed by atoms with Gasteiger partial charge in [0.05, 0.1) is 35.9 Å². The van der Waals surface area contributed by atoms with E-state index >= 15 is 0 Å². The van der Waals surface area contributed by atoms with Crippen molar-refractivity contribution >= 4 is 34.6 Å². The standard InChI is InChI=1S/C23H23ClN7O/c1-15-3-6-21-26-13-19(31(21)14-15)22-17(24)12-27-23(29-22)28-18-5-4-16(11-20(18)32-2)30-9-7-25-8-10-30/h3-6,11-14H,7-10H2,1-2H3,(H,27,28,29). The van der Waals surface area contributed by atoms with E-state index < -0.39 is 0 Å². The summed E-state index contributed by atoms with van der Waals surface area (Å²) in [7, 11) is 1.66. The summed E-state index contributed by atoms with van der Waals surface area (Å²) in [6.45, 7) is 5.57. The Labute approximate surface area is 191 Å². The number of piperazine rings is 1. The molecule has 4 heterocycles. The normalized spacial score (nSPS) is 14.0. The van der Waals surface area contributed by atoms with Crippen LogP contribution in [0.1, 0.15) is 5.56 Å². The average Bonchev–Trinajstić information content (AvgIpc) is 3.24. The molecule has 1 saturated heterocycles. The number of hydrogen-bond donors (Lipinski definition) is 1. The number of methoxy groups -OCH3 is 1. The molecule has 0 atom stereocenters. The molecule has 0 bridgehead atoms. The third kappa shape index (κ3) is 3.94. The lowest BCUT2D eigenvalue weighted by atomic mass is 10.2. The largest absolute Gasteiger partial charge is 0.494 e. The van der Waals surface area contributed by atoms with Crippen molar-refractivity contribution < 1.29 is 4.74 Å². The lowest BCUT2D eigenvalue weighted by Gasteiger charge is -2.29. The van der Waals surface area contributed by atoms with E-state index in [-0.39, 0.29) is 0 Å². The van der Waals surface area contributed by atoms with Crippen LogP contribution in [0, 0.1) is 6.92 Å². The van der Waals surface area contributed by atoms with Crippen molar-refractivity contribution in [2.75, 3.05) is 43.5 Å². The quantitative estimate of drug-likeness (QED) is 0.498. The van der Waals surface area contributed by atoms with Crippen LogP contribution in [0.2, 0.25) is 5.02 Å². The highest BCUT2D eigenvalue weighted by Crippen LogP contribution is 2.33. The fourth-order valence-corrected chi connectivity index (χ4v) is 4.02. The van der Waals surface area contributed by atoms with Crippen molar-refractivity contribution in [3.63, 3.8) is 0 Å². The summed E-state index contributed by atoms with van der Waals surface area (Å²) in [4.78, 5) is 15.8. The minimum absolute atomic E-state index is 0.426. The van der Waals surface area contributed by atoms with Gasteiger partial charge in [-0.3, -0.25) is 4.40 Å². The lowest BCUT2D eigenvalue weighted by molar-refractivity contribution is 0.416. The van der Waals surface area contributed by atoms with Gasteiger partial charge in [0.2, 0.25) is 5.95 Å². The van der Waals surface area contributed by atoms with Crippen LogP contribution in [0.3, 0.4) is 0 Å². The van der Waals surface area contributed by atoms with Gasteiger partial charge in [-0.25, -0.2) is 20.3 Å². The van der Waals surface area contributed by atoms with E-state index in [1.54, 1.807) is 19.5 Å². The third-order valence-corrected chi connectivity index (χ3v) is 5.77. The van der Waals surface area contributed by atoms with E-state index in [1.807, 2.05) is 41.8 Å². The van der Waals surface area contributed by atoms with Crippen molar-refractivity contribution in [2.45, 2.75) is 6.92 Å². The average molecular weight is 449 g/mol. The number of hydrogen-bond acceptors (Lipinski definition) is 6. The van der Waals surface area contributed by atoms with E-state index in [0.717, 1.165) is 60.2 Å². The number of rotatable bonds is 5.